The van der Waals surface area contributed by atoms with Crippen LogP contribution in [-0.4, -0.2) is 22.6 Å². The Kier molecular flexibility index (Phi) is 4.43. The molecule has 1 atom stereocenters. The molecule has 4 rings (SSSR count). The van der Waals surface area contributed by atoms with Crippen molar-refractivity contribution in [3.05, 3.63) is 65.5 Å². The second kappa shape index (κ2) is 6.90. The van der Waals surface area contributed by atoms with Gasteiger partial charge in [-0.25, -0.2) is 8.78 Å². The second-order valence-corrected chi connectivity index (χ2v) is 6.51. The summed E-state index contributed by atoms with van der Waals surface area (Å²) in [6.45, 7) is 2.29. The summed E-state index contributed by atoms with van der Waals surface area (Å²) in [6.07, 6.45) is 1.08. The second-order valence-electron chi connectivity index (χ2n) is 6.51. The summed E-state index contributed by atoms with van der Waals surface area (Å²) in [5.74, 6) is -1.24. The van der Waals surface area contributed by atoms with Gasteiger partial charge in [-0.15, -0.1) is 0 Å². The minimum Gasteiger partial charge on any atom is -0.334 e. The lowest BCUT2D eigenvalue weighted by atomic mass is 10.1. The highest BCUT2D eigenvalue weighted by molar-refractivity contribution is 5.96. The SMILES string of the molecule is CCc1ccc(-c2nc(C3CC(=O)N(c4ccc(F)cc4F)C3)no2)cc1. The first-order valence-electron chi connectivity index (χ1n) is 8.73. The van der Waals surface area contributed by atoms with Gasteiger partial charge in [0.25, 0.3) is 5.89 Å². The monoisotopic (exact) mass is 369 g/mol. The summed E-state index contributed by atoms with van der Waals surface area (Å²) in [6, 6.07) is 11.0. The molecule has 1 amide bonds. The Morgan fingerprint density at radius 1 is 1.19 bits per heavy atom. The van der Waals surface area contributed by atoms with Crippen LogP contribution < -0.4 is 4.90 Å². The molecule has 1 aliphatic heterocycles. The lowest BCUT2D eigenvalue weighted by Gasteiger charge is -2.16. The molecule has 0 radical (unpaired) electrons. The van der Waals surface area contributed by atoms with Gasteiger partial charge in [0.15, 0.2) is 5.82 Å². The van der Waals surface area contributed by atoms with E-state index in [0.717, 1.165) is 24.1 Å². The van der Waals surface area contributed by atoms with Crippen LogP contribution >= 0.6 is 0 Å². The molecular formula is C20H17F2N3O2. The van der Waals surface area contributed by atoms with E-state index in [4.69, 9.17) is 4.52 Å². The van der Waals surface area contributed by atoms with E-state index >= 15 is 0 Å². The number of aryl methyl sites for hydroxylation is 1. The number of hydrogen-bond donors (Lipinski definition) is 0. The quantitative estimate of drug-likeness (QED) is 0.695. The van der Waals surface area contributed by atoms with Crippen molar-refractivity contribution in [3.8, 4) is 11.5 Å². The number of nitrogens with zero attached hydrogens (tertiary/aromatic N) is 3. The van der Waals surface area contributed by atoms with E-state index in [9.17, 15) is 13.6 Å². The van der Waals surface area contributed by atoms with Crippen LogP contribution in [0.25, 0.3) is 11.5 Å². The number of halogens is 2. The number of carbonyl (C=O) groups excluding carboxylic acids is 1. The largest absolute Gasteiger partial charge is 0.334 e. The number of amides is 1. The van der Waals surface area contributed by atoms with Crippen molar-refractivity contribution in [1.82, 2.24) is 10.1 Å². The normalized spacial score (nSPS) is 16.9. The molecule has 5 nitrogen and oxygen atoms in total. The van der Waals surface area contributed by atoms with Gasteiger partial charge in [0.05, 0.1) is 5.69 Å². The first-order valence-corrected chi connectivity index (χ1v) is 8.73. The zero-order valence-electron chi connectivity index (χ0n) is 14.7. The van der Waals surface area contributed by atoms with Gasteiger partial charge in [-0.2, -0.15) is 4.98 Å². The van der Waals surface area contributed by atoms with Crippen molar-refractivity contribution in [2.45, 2.75) is 25.7 Å². The van der Waals surface area contributed by atoms with Gasteiger partial charge in [-0.1, -0.05) is 24.2 Å². The minimum absolute atomic E-state index is 0.0581. The Morgan fingerprint density at radius 2 is 1.96 bits per heavy atom. The average Bonchev–Trinajstić information content (AvgIpc) is 3.29. The highest BCUT2D eigenvalue weighted by Crippen LogP contribution is 2.33. The smallest absolute Gasteiger partial charge is 0.257 e. The van der Waals surface area contributed by atoms with Crippen molar-refractivity contribution < 1.29 is 18.1 Å². The van der Waals surface area contributed by atoms with E-state index in [0.29, 0.717) is 11.7 Å². The fourth-order valence-electron chi connectivity index (χ4n) is 3.21. The summed E-state index contributed by atoms with van der Waals surface area (Å²) in [7, 11) is 0. The topological polar surface area (TPSA) is 59.2 Å². The summed E-state index contributed by atoms with van der Waals surface area (Å²) < 4.78 is 32.5. The summed E-state index contributed by atoms with van der Waals surface area (Å²) in [4.78, 5) is 18.0. The van der Waals surface area contributed by atoms with Crippen molar-refractivity contribution in [2.24, 2.45) is 0 Å². The van der Waals surface area contributed by atoms with Crippen LogP contribution in [0, 0.1) is 11.6 Å². The maximum atomic E-state index is 14.0. The Labute approximate surface area is 154 Å². The van der Waals surface area contributed by atoms with Crippen LogP contribution in [0.3, 0.4) is 0 Å². The number of benzene rings is 2. The van der Waals surface area contributed by atoms with Crippen molar-refractivity contribution in [1.29, 1.82) is 0 Å². The van der Waals surface area contributed by atoms with E-state index in [1.807, 2.05) is 24.3 Å². The molecule has 2 heterocycles. The molecule has 1 unspecified atom stereocenters. The number of carbonyl (C=O) groups is 1. The maximum absolute atomic E-state index is 14.0. The molecule has 27 heavy (non-hydrogen) atoms. The molecule has 1 aromatic heterocycles. The molecule has 1 saturated heterocycles. The third-order valence-electron chi connectivity index (χ3n) is 4.74. The van der Waals surface area contributed by atoms with Gasteiger partial charge < -0.3 is 9.42 Å². The van der Waals surface area contributed by atoms with Crippen LogP contribution in [0.4, 0.5) is 14.5 Å². The van der Waals surface area contributed by atoms with Crippen LogP contribution in [-0.2, 0) is 11.2 Å². The molecule has 0 saturated carbocycles. The van der Waals surface area contributed by atoms with E-state index in [1.165, 1.54) is 16.5 Å². The Balaban J connectivity index is 1.54. The molecule has 0 N–H and O–H groups in total. The summed E-state index contributed by atoms with van der Waals surface area (Å²) in [5.41, 5.74) is 2.07. The molecule has 1 aliphatic rings. The molecule has 138 valence electrons. The number of anilines is 1. The first-order chi connectivity index (χ1) is 13.0. The van der Waals surface area contributed by atoms with E-state index < -0.39 is 11.6 Å². The van der Waals surface area contributed by atoms with Crippen LogP contribution in [0.15, 0.2) is 47.0 Å². The molecule has 3 aromatic rings. The van der Waals surface area contributed by atoms with Crippen LogP contribution in [0.5, 0.6) is 0 Å². The lowest BCUT2D eigenvalue weighted by molar-refractivity contribution is -0.117. The predicted octanol–water partition coefficient (Wildman–Crippen LogP) is 4.10. The van der Waals surface area contributed by atoms with Crippen LogP contribution in [0.1, 0.15) is 30.7 Å². The molecule has 0 aliphatic carbocycles. The van der Waals surface area contributed by atoms with Crippen LogP contribution in [0.2, 0.25) is 0 Å². The Morgan fingerprint density at radius 3 is 2.67 bits per heavy atom. The van der Waals surface area contributed by atoms with E-state index in [2.05, 4.69) is 17.1 Å². The van der Waals surface area contributed by atoms with Gasteiger partial charge in [0.2, 0.25) is 5.91 Å². The summed E-state index contributed by atoms with van der Waals surface area (Å²) in [5, 5.41) is 4.00. The standard InChI is InChI=1S/C20H17F2N3O2/c1-2-12-3-5-13(6-4-12)20-23-19(24-27-20)14-9-18(26)25(11-14)17-8-7-15(21)10-16(17)22/h3-8,10,14H,2,9,11H2,1H3. The maximum Gasteiger partial charge on any atom is 0.257 e. The lowest BCUT2D eigenvalue weighted by Crippen LogP contribution is -2.25. The van der Waals surface area contributed by atoms with Gasteiger partial charge in [0, 0.05) is 30.5 Å². The minimum atomic E-state index is -0.770. The molecule has 0 spiro atoms. The highest BCUT2D eigenvalue weighted by atomic mass is 19.1. The molecule has 1 fully saturated rings. The van der Waals surface area contributed by atoms with Crippen molar-refractivity contribution in [2.75, 3.05) is 11.4 Å². The van der Waals surface area contributed by atoms with Gasteiger partial charge in [0.1, 0.15) is 11.6 Å². The highest BCUT2D eigenvalue weighted by Gasteiger charge is 2.35. The van der Waals surface area contributed by atoms with E-state index in [1.54, 1.807) is 0 Å². The zero-order chi connectivity index (χ0) is 19.0. The Hall–Kier alpha value is -3.09. The van der Waals surface area contributed by atoms with Gasteiger partial charge in [-0.3, -0.25) is 4.79 Å². The van der Waals surface area contributed by atoms with Crippen molar-refractivity contribution in [3.63, 3.8) is 0 Å². The van der Waals surface area contributed by atoms with Gasteiger partial charge >= 0.3 is 0 Å². The number of aromatic nitrogens is 2. The zero-order valence-corrected chi connectivity index (χ0v) is 14.7. The first kappa shape index (κ1) is 17.3. The fraction of sp³-hybridized carbons (Fsp3) is 0.250. The van der Waals surface area contributed by atoms with Crippen molar-refractivity contribution >= 4 is 11.6 Å². The predicted molar refractivity (Wildman–Crippen MR) is 95.2 cm³/mol. The molecule has 2 aromatic carbocycles. The molecular weight excluding hydrogens is 352 g/mol. The number of hydrogen-bond acceptors (Lipinski definition) is 4. The number of rotatable bonds is 4. The Bertz CT molecular complexity index is 985. The molecule has 7 heteroatoms. The summed E-state index contributed by atoms with van der Waals surface area (Å²) >= 11 is 0. The molecule has 0 bridgehead atoms. The average molecular weight is 369 g/mol. The third-order valence-corrected chi connectivity index (χ3v) is 4.74. The third kappa shape index (κ3) is 3.32. The van der Waals surface area contributed by atoms with E-state index in [-0.39, 0.29) is 30.5 Å². The van der Waals surface area contributed by atoms with Gasteiger partial charge in [-0.05, 0) is 36.2 Å². The fourth-order valence-corrected chi connectivity index (χ4v) is 3.21.